The van der Waals surface area contributed by atoms with Crippen molar-refractivity contribution in [2.24, 2.45) is 5.92 Å². The predicted octanol–water partition coefficient (Wildman–Crippen LogP) is 0.423. The van der Waals surface area contributed by atoms with E-state index in [2.05, 4.69) is 0 Å². The van der Waals surface area contributed by atoms with Gasteiger partial charge >= 0.3 is 11.9 Å². The molecular weight excluding hydrogens is 296 g/mol. The maximum atomic E-state index is 12.2. The summed E-state index contributed by atoms with van der Waals surface area (Å²) in [6.45, 7) is 0. The second-order valence-corrected chi connectivity index (χ2v) is 4.42. The lowest BCUT2D eigenvalue weighted by molar-refractivity contribution is -0.159. The van der Waals surface area contributed by atoms with E-state index in [0.717, 1.165) is 0 Å². The lowest BCUT2D eigenvalue weighted by Crippen LogP contribution is -2.36. The van der Waals surface area contributed by atoms with E-state index in [1.165, 1.54) is 26.4 Å². The Morgan fingerprint density at radius 1 is 1.09 bits per heavy atom. The van der Waals surface area contributed by atoms with Crippen molar-refractivity contribution in [3.63, 3.8) is 0 Å². The van der Waals surface area contributed by atoms with E-state index in [4.69, 9.17) is 19.7 Å². The summed E-state index contributed by atoms with van der Waals surface area (Å²) < 4.78 is 9.99. The van der Waals surface area contributed by atoms with E-state index < -0.39 is 36.2 Å². The minimum Gasteiger partial charge on any atom is -0.497 e. The first kappa shape index (κ1) is 17.4. The van der Waals surface area contributed by atoms with Crippen LogP contribution in [-0.2, 0) is 9.59 Å². The first-order chi connectivity index (χ1) is 10.3. The number of carboxylic acids is 2. The summed E-state index contributed by atoms with van der Waals surface area (Å²) in [5.41, 5.74) is 0.0469. The van der Waals surface area contributed by atoms with Gasteiger partial charge in [0.1, 0.15) is 17.4 Å². The van der Waals surface area contributed by atoms with Crippen LogP contribution < -0.4 is 9.47 Å². The molecule has 0 fully saturated rings. The number of aliphatic carboxylic acids is 2. The Labute approximate surface area is 125 Å². The van der Waals surface area contributed by atoms with Gasteiger partial charge in [-0.1, -0.05) is 0 Å². The molecule has 0 heterocycles. The highest BCUT2D eigenvalue weighted by atomic mass is 16.5. The molecule has 0 bridgehead atoms. The minimum absolute atomic E-state index is 0.0469. The lowest BCUT2D eigenvalue weighted by Gasteiger charge is -2.16. The largest absolute Gasteiger partial charge is 0.497 e. The van der Waals surface area contributed by atoms with Gasteiger partial charge in [0.25, 0.3) is 0 Å². The van der Waals surface area contributed by atoms with Gasteiger partial charge in [-0.2, -0.15) is 0 Å². The number of aliphatic hydroxyl groups is 1. The number of ketones is 1. The molecule has 8 heteroatoms. The maximum Gasteiger partial charge on any atom is 0.333 e. The molecular formula is C14H16O8. The Balaban J connectivity index is 3.09. The SMILES string of the molecule is COc1ccc(OC)c(C(=O)C[C@@H](C(=O)O)[C@@H](O)C(=O)O)c1. The number of hydrogen-bond acceptors (Lipinski definition) is 6. The fraction of sp³-hybridized carbons (Fsp3) is 0.357. The molecule has 0 aliphatic heterocycles. The van der Waals surface area contributed by atoms with Crippen molar-refractivity contribution in [3.8, 4) is 11.5 Å². The number of ether oxygens (including phenoxy) is 2. The van der Waals surface area contributed by atoms with Crippen LogP contribution in [0, 0.1) is 5.92 Å². The van der Waals surface area contributed by atoms with Gasteiger partial charge < -0.3 is 24.8 Å². The molecule has 3 N–H and O–H groups in total. The minimum atomic E-state index is -2.18. The van der Waals surface area contributed by atoms with Crippen LogP contribution in [0.15, 0.2) is 18.2 Å². The highest BCUT2D eigenvalue weighted by Crippen LogP contribution is 2.27. The molecule has 0 spiro atoms. The van der Waals surface area contributed by atoms with Crippen molar-refractivity contribution in [2.75, 3.05) is 14.2 Å². The summed E-state index contributed by atoms with van der Waals surface area (Å²) >= 11 is 0. The average Bonchev–Trinajstić information content (AvgIpc) is 2.50. The zero-order chi connectivity index (χ0) is 16.9. The molecule has 0 amide bonds. The molecule has 0 saturated carbocycles. The fourth-order valence-electron chi connectivity index (χ4n) is 1.85. The summed E-state index contributed by atoms with van der Waals surface area (Å²) in [7, 11) is 2.73. The number of carbonyl (C=O) groups is 3. The predicted molar refractivity (Wildman–Crippen MR) is 73.3 cm³/mol. The van der Waals surface area contributed by atoms with Gasteiger partial charge in [0.2, 0.25) is 0 Å². The zero-order valence-electron chi connectivity index (χ0n) is 12.0. The summed E-state index contributed by atoms with van der Waals surface area (Å²) in [6, 6.07) is 4.37. The van der Waals surface area contributed by atoms with Crippen LogP contribution in [0.25, 0.3) is 0 Å². The molecule has 0 aliphatic carbocycles. The van der Waals surface area contributed by atoms with E-state index in [0.29, 0.717) is 5.75 Å². The monoisotopic (exact) mass is 312 g/mol. The fourth-order valence-corrected chi connectivity index (χ4v) is 1.85. The van der Waals surface area contributed by atoms with Crippen LogP contribution in [0.3, 0.4) is 0 Å². The number of rotatable bonds is 8. The summed E-state index contributed by atoms with van der Waals surface area (Å²) in [5.74, 6) is -5.18. The van der Waals surface area contributed by atoms with Gasteiger partial charge in [0, 0.05) is 6.42 Å². The number of carbonyl (C=O) groups excluding carboxylic acids is 1. The smallest absolute Gasteiger partial charge is 0.333 e. The average molecular weight is 312 g/mol. The number of aliphatic hydroxyl groups excluding tert-OH is 1. The first-order valence-electron chi connectivity index (χ1n) is 6.20. The number of carboxylic acid groups (broad SMARTS) is 2. The Bertz CT molecular complexity index is 580. The number of methoxy groups -OCH3 is 2. The molecule has 0 radical (unpaired) electrons. The molecule has 1 rings (SSSR count). The molecule has 0 saturated heterocycles. The van der Waals surface area contributed by atoms with E-state index in [-0.39, 0.29) is 11.3 Å². The Morgan fingerprint density at radius 3 is 2.18 bits per heavy atom. The maximum absolute atomic E-state index is 12.2. The third kappa shape index (κ3) is 3.95. The molecule has 2 atom stereocenters. The van der Waals surface area contributed by atoms with Gasteiger partial charge in [0.15, 0.2) is 11.9 Å². The second-order valence-electron chi connectivity index (χ2n) is 4.42. The molecule has 22 heavy (non-hydrogen) atoms. The zero-order valence-corrected chi connectivity index (χ0v) is 12.0. The van der Waals surface area contributed by atoms with Crippen molar-refractivity contribution in [3.05, 3.63) is 23.8 Å². The van der Waals surface area contributed by atoms with Crippen LogP contribution in [0.5, 0.6) is 11.5 Å². The topological polar surface area (TPSA) is 130 Å². The van der Waals surface area contributed by atoms with Crippen LogP contribution in [0.2, 0.25) is 0 Å². The van der Waals surface area contributed by atoms with E-state index in [1.807, 2.05) is 0 Å². The molecule has 1 aromatic rings. The van der Waals surface area contributed by atoms with E-state index >= 15 is 0 Å². The standard InChI is InChI=1S/C14H16O8/c1-21-7-3-4-11(22-2)8(5-7)10(15)6-9(13(17)18)12(16)14(19)20/h3-5,9,12,16H,6H2,1-2H3,(H,17,18)(H,19,20)/t9-,12-/m1/s1. The van der Waals surface area contributed by atoms with Crippen molar-refractivity contribution < 1.29 is 39.2 Å². The van der Waals surface area contributed by atoms with Gasteiger partial charge in [-0.05, 0) is 18.2 Å². The van der Waals surface area contributed by atoms with Gasteiger partial charge in [-0.3, -0.25) is 9.59 Å². The van der Waals surface area contributed by atoms with Crippen molar-refractivity contribution >= 4 is 17.7 Å². The molecule has 0 aliphatic rings. The van der Waals surface area contributed by atoms with Gasteiger partial charge in [0.05, 0.1) is 19.8 Å². The summed E-state index contributed by atoms with van der Waals surface area (Å²) in [4.78, 5) is 34.0. The van der Waals surface area contributed by atoms with Crippen LogP contribution in [0.1, 0.15) is 16.8 Å². The Morgan fingerprint density at radius 2 is 1.73 bits per heavy atom. The number of hydrogen-bond donors (Lipinski definition) is 3. The van der Waals surface area contributed by atoms with E-state index in [1.54, 1.807) is 6.07 Å². The quantitative estimate of drug-likeness (QED) is 0.589. The van der Waals surface area contributed by atoms with Crippen molar-refractivity contribution in [1.82, 2.24) is 0 Å². The molecule has 0 aromatic heterocycles. The first-order valence-corrected chi connectivity index (χ1v) is 6.20. The summed E-state index contributed by atoms with van der Waals surface area (Å²) in [5, 5.41) is 27.1. The van der Waals surface area contributed by atoms with Crippen LogP contribution in [0.4, 0.5) is 0 Å². The summed E-state index contributed by atoms with van der Waals surface area (Å²) in [6.07, 6.45) is -2.87. The van der Waals surface area contributed by atoms with Crippen LogP contribution in [-0.4, -0.2) is 53.4 Å². The molecule has 8 nitrogen and oxygen atoms in total. The van der Waals surface area contributed by atoms with E-state index in [9.17, 15) is 19.5 Å². The highest BCUT2D eigenvalue weighted by Gasteiger charge is 2.34. The molecule has 1 aromatic carbocycles. The van der Waals surface area contributed by atoms with Gasteiger partial charge in [-0.25, -0.2) is 4.79 Å². The highest BCUT2D eigenvalue weighted by molar-refractivity contribution is 6.01. The number of benzene rings is 1. The lowest BCUT2D eigenvalue weighted by atomic mass is 9.93. The Hall–Kier alpha value is -2.61. The molecule has 0 unspecified atom stereocenters. The van der Waals surface area contributed by atoms with Crippen molar-refractivity contribution in [1.29, 1.82) is 0 Å². The van der Waals surface area contributed by atoms with Gasteiger partial charge in [-0.15, -0.1) is 0 Å². The third-order valence-electron chi connectivity index (χ3n) is 3.06. The Kier molecular flexibility index (Phi) is 5.88. The second kappa shape index (κ2) is 7.41. The molecule has 120 valence electrons. The third-order valence-corrected chi connectivity index (χ3v) is 3.06. The normalized spacial score (nSPS) is 13.0. The van der Waals surface area contributed by atoms with Crippen LogP contribution >= 0.6 is 0 Å². The van der Waals surface area contributed by atoms with Crippen molar-refractivity contribution in [2.45, 2.75) is 12.5 Å². The number of Topliss-reactive ketones (excluding diaryl/α,β-unsaturated/α-hetero) is 1.